The lowest BCUT2D eigenvalue weighted by Gasteiger charge is -2.43. The van der Waals surface area contributed by atoms with Crippen molar-refractivity contribution in [1.82, 2.24) is 10.2 Å². The van der Waals surface area contributed by atoms with E-state index in [2.05, 4.69) is 5.32 Å². The van der Waals surface area contributed by atoms with Gasteiger partial charge < -0.3 is 26.2 Å². The summed E-state index contributed by atoms with van der Waals surface area (Å²) in [5, 5.41) is 23.7. The minimum atomic E-state index is -1.45. The zero-order chi connectivity index (χ0) is 26.1. The van der Waals surface area contributed by atoms with Gasteiger partial charge in [0.05, 0.1) is 5.60 Å². The molecule has 8 heteroatoms. The van der Waals surface area contributed by atoms with Gasteiger partial charge in [0.2, 0.25) is 5.91 Å². The van der Waals surface area contributed by atoms with Crippen LogP contribution in [0.2, 0.25) is 0 Å². The fraction of sp³-hybridized carbons (Fsp3) is 0.500. The van der Waals surface area contributed by atoms with E-state index in [0.717, 1.165) is 18.4 Å². The number of piperidine rings is 1. The Morgan fingerprint density at radius 1 is 1.22 bits per heavy atom. The number of carboxylic acid groups (broad SMARTS) is 1. The molecule has 1 aliphatic rings. The Bertz CT molecular complexity index is 1050. The predicted molar refractivity (Wildman–Crippen MR) is 138 cm³/mol. The Kier molecular flexibility index (Phi) is 9.84. The van der Waals surface area contributed by atoms with Crippen molar-refractivity contribution in [3.63, 3.8) is 0 Å². The van der Waals surface area contributed by atoms with Gasteiger partial charge in [-0.3, -0.25) is 4.79 Å². The summed E-state index contributed by atoms with van der Waals surface area (Å²) in [6.07, 6.45) is 2.63. The normalized spacial score (nSPS) is 17.4. The summed E-state index contributed by atoms with van der Waals surface area (Å²) in [5.74, 6) is -0.738. The van der Waals surface area contributed by atoms with Crippen LogP contribution >= 0.6 is 0 Å². The number of nitrogens with one attached hydrogen (secondary N) is 1. The second-order valence-corrected chi connectivity index (χ2v) is 9.55. The Morgan fingerprint density at radius 2 is 2.00 bits per heavy atom. The molecular formula is C28H38FN3O4. The van der Waals surface area contributed by atoms with Crippen LogP contribution in [-0.4, -0.2) is 53.3 Å². The molecule has 0 spiro atoms. The molecule has 0 radical (unpaired) electrons. The van der Waals surface area contributed by atoms with E-state index in [1.807, 2.05) is 31.2 Å². The van der Waals surface area contributed by atoms with E-state index in [0.29, 0.717) is 62.0 Å². The van der Waals surface area contributed by atoms with Gasteiger partial charge in [-0.25, -0.2) is 9.18 Å². The number of aliphatic hydroxyl groups is 1. The molecule has 0 aliphatic carbocycles. The first-order valence-electron chi connectivity index (χ1n) is 12.9. The highest BCUT2D eigenvalue weighted by molar-refractivity contribution is 5.76. The Morgan fingerprint density at radius 3 is 2.72 bits per heavy atom. The van der Waals surface area contributed by atoms with Crippen molar-refractivity contribution in [3.05, 3.63) is 59.4 Å². The van der Waals surface area contributed by atoms with Crippen molar-refractivity contribution in [2.45, 2.75) is 57.5 Å². The summed E-state index contributed by atoms with van der Waals surface area (Å²) in [6.45, 7) is 3.61. The molecule has 1 heterocycles. The van der Waals surface area contributed by atoms with Crippen LogP contribution in [0.1, 0.15) is 56.6 Å². The molecule has 0 aromatic heterocycles. The fourth-order valence-electron chi connectivity index (χ4n) is 5.24. The summed E-state index contributed by atoms with van der Waals surface area (Å²) in [6, 6.07) is 12.4. The standard InChI is InChI=1S/C28H38FN3O4/c1-2-20-8-3-9-21(18-20)26-23(11-4-12-24(26)29)28(36,14-7-16-31-27(34)35)22-10-6-17-32(19-22)25(33)13-5-15-30/h3-4,8-9,11-12,18,22,31,36H,2,5-7,10,13-17,19,30H2,1H3,(H,34,35)/t22-,28?/m1/s1. The lowest BCUT2D eigenvalue weighted by atomic mass is 9.72. The number of hydrogen-bond acceptors (Lipinski definition) is 4. The molecule has 0 bridgehead atoms. The van der Waals surface area contributed by atoms with Crippen molar-refractivity contribution in [2.24, 2.45) is 11.7 Å². The van der Waals surface area contributed by atoms with Gasteiger partial charge in [-0.2, -0.15) is 0 Å². The molecule has 1 fully saturated rings. The molecule has 3 rings (SSSR count). The zero-order valence-electron chi connectivity index (χ0n) is 21.0. The molecule has 7 nitrogen and oxygen atoms in total. The van der Waals surface area contributed by atoms with Gasteiger partial charge >= 0.3 is 6.09 Å². The number of nitrogens with zero attached hydrogens (tertiary/aromatic N) is 1. The highest BCUT2D eigenvalue weighted by atomic mass is 19.1. The summed E-state index contributed by atoms with van der Waals surface area (Å²) < 4.78 is 15.4. The van der Waals surface area contributed by atoms with E-state index in [1.54, 1.807) is 17.0 Å². The van der Waals surface area contributed by atoms with Crippen LogP contribution in [0.5, 0.6) is 0 Å². The number of likely N-dealkylation sites (tertiary alicyclic amines) is 1. The maximum Gasteiger partial charge on any atom is 0.404 e. The highest BCUT2D eigenvalue weighted by Crippen LogP contribution is 2.44. The van der Waals surface area contributed by atoms with Crippen molar-refractivity contribution in [2.75, 3.05) is 26.2 Å². The topological polar surface area (TPSA) is 116 Å². The number of benzene rings is 2. The van der Waals surface area contributed by atoms with Crippen LogP contribution in [0, 0.1) is 11.7 Å². The summed E-state index contributed by atoms with van der Waals surface area (Å²) in [5.41, 5.74) is 6.71. The quantitative estimate of drug-likeness (QED) is 0.345. The third-order valence-electron chi connectivity index (χ3n) is 7.16. The Balaban J connectivity index is 2.02. The van der Waals surface area contributed by atoms with Crippen LogP contribution < -0.4 is 11.1 Å². The smallest absolute Gasteiger partial charge is 0.404 e. The lowest BCUT2D eigenvalue weighted by Crippen LogP contribution is -2.48. The molecule has 1 saturated heterocycles. The second-order valence-electron chi connectivity index (χ2n) is 9.55. The molecule has 0 saturated carbocycles. The highest BCUT2D eigenvalue weighted by Gasteiger charge is 2.43. The lowest BCUT2D eigenvalue weighted by molar-refractivity contribution is -0.136. The number of halogens is 1. The van der Waals surface area contributed by atoms with E-state index in [-0.39, 0.29) is 24.8 Å². The van der Waals surface area contributed by atoms with Gasteiger partial charge in [0.1, 0.15) is 5.82 Å². The fourth-order valence-corrected chi connectivity index (χ4v) is 5.24. The van der Waals surface area contributed by atoms with Crippen molar-refractivity contribution >= 4 is 12.0 Å². The van der Waals surface area contributed by atoms with Crippen LogP contribution in [0.15, 0.2) is 42.5 Å². The summed E-state index contributed by atoms with van der Waals surface area (Å²) in [4.78, 5) is 25.5. The second kappa shape index (κ2) is 12.8. The van der Waals surface area contributed by atoms with E-state index in [1.165, 1.54) is 6.07 Å². The van der Waals surface area contributed by atoms with E-state index in [4.69, 9.17) is 10.8 Å². The van der Waals surface area contributed by atoms with Crippen molar-refractivity contribution in [1.29, 1.82) is 0 Å². The third-order valence-corrected chi connectivity index (χ3v) is 7.16. The molecule has 1 unspecified atom stereocenters. The Hall–Kier alpha value is -2.97. The number of nitrogens with two attached hydrogens (primary N) is 1. The van der Waals surface area contributed by atoms with Crippen molar-refractivity contribution in [3.8, 4) is 11.1 Å². The van der Waals surface area contributed by atoms with Gasteiger partial charge in [-0.1, -0.05) is 43.3 Å². The number of aryl methyl sites for hydroxylation is 1. The van der Waals surface area contributed by atoms with Gasteiger partial charge in [0.15, 0.2) is 0 Å². The third kappa shape index (κ3) is 6.62. The number of carbonyl (C=O) groups is 2. The molecule has 5 N–H and O–H groups in total. The van der Waals surface area contributed by atoms with Crippen LogP contribution in [0.4, 0.5) is 9.18 Å². The largest absolute Gasteiger partial charge is 0.465 e. The molecular weight excluding hydrogens is 461 g/mol. The van der Waals surface area contributed by atoms with Gasteiger partial charge in [-0.15, -0.1) is 0 Å². The monoisotopic (exact) mass is 499 g/mol. The average molecular weight is 500 g/mol. The SMILES string of the molecule is CCc1cccc(-c2c(F)cccc2C(O)(CCCNC(=O)O)[C@@H]2CCCN(C(=O)CCCN)C2)c1. The van der Waals surface area contributed by atoms with E-state index < -0.39 is 17.5 Å². The van der Waals surface area contributed by atoms with Gasteiger partial charge in [0.25, 0.3) is 0 Å². The van der Waals surface area contributed by atoms with Crippen LogP contribution in [0.25, 0.3) is 11.1 Å². The minimum Gasteiger partial charge on any atom is -0.465 e. The van der Waals surface area contributed by atoms with Crippen molar-refractivity contribution < 1.29 is 24.2 Å². The minimum absolute atomic E-state index is 0.00940. The van der Waals surface area contributed by atoms with E-state index >= 15 is 4.39 Å². The molecule has 196 valence electrons. The van der Waals surface area contributed by atoms with Gasteiger partial charge in [-0.05, 0) is 67.8 Å². The average Bonchev–Trinajstić information content (AvgIpc) is 2.89. The number of hydrogen-bond donors (Lipinski definition) is 4. The molecule has 36 heavy (non-hydrogen) atoms. The number of carbonyl (C=O) groups excluding carboxylic acids is 1. The van der Waals surface area contributed by atoms with E-state index in [9.17, 15) is 14.7 Å². The first kappa shape index (κ1) is 27.6. The molecule has 2 atom stereocenters. The zero-order valence-corrected chi connectivity index (χ0v) is 21.0. The first-order chi connectivity index (χ1) is 17.3. The maximum atomic E-state index is 15.4. The number of amides is 2. The number of rotatable bonds is 11. The Labute approximate surface area is 212 Å². The predicted octanol–water partition coefficient (Wildman–Crippen LogP) is 4.27. The molecule has 1 aliphatic heterocycles. The van der Waals surface area contributed by atoms with Crippen LogP contribution in [0.3, 0.4) is 0 Å². The molecule has 2 aromatic rings. The first-order valence-corrected chi connectivity index (χ1v) is 12.9. The maximum absolute atomic E-state index is 15.4. The summed E-state index contributed by atoms with van der Waals surface area (Å²) in [7, 11) is 0. The van der Waals surface area contributed by atoms with Gasteiger partial charge in [0, 0.05) is 37.5 Å². The van der Waals surface area contributed by atoms with Crippen LogP contribution in [-0.2, 0) is 16.8 Å². The summed E-state index contributed by atoms with van der Waals surface area (Å²) >= 11 is 0. The molecule has 2 aromatic carbocycles. The molecule has 2 amide bonds.